The predicted octanol–water partition coefficient (Wildman–Crippen LogP) is 6.37. The molecular formula is C36H40BrN3O5S. The number of methoxy groups -OCH3 is 1. The van der Waals surface area contributed by atoms with Gasteiger partial charge < -0.3 is 15.0 Å². The Morgan fingerprint density at radius 2 is 1.54 bits per heavy atom. The van der Waals surface area contributed by atoms with E-state index in [0.29, 0.717) is 12.3 Å². The zero-order valence-corrected chi connectivity index (χ0v) is 28.9. The van der Waals surface area contributed by atoms with E-state index in [0.717, 1.165) is 25.5 Å². The highest BCUT2D eigenvalue weighted by Gasteiger charge is 2.34. The summed E-state index contributed by atoms with van der Waals surface area (Å²) in [4.78, 5) is 30.0. The fraction of sp³-hybridized carbons (Fsp3) is 0.278. The third-order valence-corrected chi connectivity index (χ3v) is 9.71. The maximum atomic E-state index is 14.6. The van der Waals surface area contributed by atoms with Crippen molar-refractivity contribution in [2.45, 2.75) is 44.7 Å². The Morgan fingerprint density at radius 1 is 0.870 bits per heavy atom. The average Bonchev–Trinajstić information content (AvgIpc) is 3.04. The number of hydrogen-bond acceptors (Lipinski definition) is 5. The standard InChI is InChI=1S/C36H40BrN3O5S/c1-26(2)23-38-36(42)34(21-28-10-6-5-7-11-28)39(24-29-12-8-13-30(37)20-29)35(41)25-40(31-14-9-15-32(22-31)45-4)46(43,44)33-18-16-27(3)17-19-33/h5-20,22,26,34H,21,23-25H2,1-4H3,(H,38,42). The summed E-state index contributed by atoms with van der Waals surface area (Å²) in [6.45, 7) is 5.84. The number of hydrogen-bond donors (Lipinski definition) is 1. The van der Waals surface area contributed by atoms with E-state index in [1.807, 2.05) is 75.4 Å². The fourth-order valence-corrected chi connectivity index (χ4v) is 6.79. The maximum Gasteiger partial charge on any atom is 0.264 e. The van der Waals surface area contributed by atoms with E-state index in [9.17, 15) is 18.0 Å². The third-order valence-electron chi connectivity index (χ3n) is 7.43. The van der Waals surface area contributed by atoms with Crippen molar-refractivity contribution >= 4 is 43.5 Å². The van der Waals surface area contributed by atoms with E-state index in [2.05, 4.69) is 21.2 Å². The zero-order chi connectivity index (χ0) is 33.3. The number of nitrogens with one attached hydrogen (secondary N) is 1. The molecule has 0 aromatic heterocycles. The normalized spacial score (nSPS) is 12.0. The lowest BCUT2D eigenvalue weighted by Gasteiger charge is -2.34. The first kappa shape index (κ1) is 34.7. The molecule has 1 atom stereocenters. The Morgan fingerprint density at radius 3 is 2.20 bits per heavy atom. The molecular weight excluding hydrogens is 666 g/mol. The molecule has 10 heteroatoms. The van der Waals surface area contributed by atoms with Crippen molar-refractivity contribution < 1.29 is 22.7 Å². The van der Waals surface area contributed by atoms with Crippen LogP contribution in [0.3, 0.4) is 0 Å². The van der Waals surface area contributed by atoms with Gasteiger partial charge in [0.1, 0.15) is 18.3 Å². The molecule has 0 saturated heterocycles. The number of aryl methyl sites for hydroxylation is 1. The molecule has 4 aromatic carbocycles. The number of carbonyl (C=O) groups is 2. The molecule has 242 valence electrons. The number of amides is 2. The maximum absolute atomic E-state index is 14.6. The molecule has 1 N–H and O–H groups in total. The molecule has 0 bridgehead atoms. The summed E-state index contributed by atoms with van der Waals surface area (Å²) in [5, 5.41) is 3.01. The first-order chi connectivity index (χ1) is 22.0. The molecule has 0 aliphatic rings. The van der Waals surface area contributed by atoms with Crippen molar-refractivity contribution in [1.29, 1.82) is 0 Å². The predicted molar refractivity (Wildman–Crippen MR) is 185 cm³/mol. The Labute approximate surface area is 280 Å². The van der Waals surface area contributed by atoms with E-state index in [4.69, 9.17) is 4.74 Å². The Bertz CT molecular complexity index is 1730. The highest BCUT2D eigenvalue weighted by atomic mass is 79.9. The van der Waals surface area contributed by atoms with Crippen molar-refractivity contribution in [3.05, 3.63) is 124 Å². The lowest BCUT2D eigenvalue weighted by atomic mass is 10.0. The lowest BCUT2D eigenvalue weighted by Crippen LogP contribution is -2.53. The molecule has 0 radical (unpaired) electrons. The SMILES string of the molecule is COc1cccc(N(CC(=O)N(Cc2cccc(Br)c2)C(Cc2ccccc2)C(=O)NCC(C)C)S(=O)(=O)c2ccc(C)cc2)c1. The van der Waals surface area contributed by atoms with Crippen molar-refractivity contribution in [2.24, 2.45) is 5.92 Å². The van der Waals surface area contributed by atoms with Crippen LogP contribution in [0.2, 0.25) is 0 Å². The molecule has 0 saturated carbocycles. The number of carbonyl (C=O) groups excluding carboxylic acids is 2. The van der Waals surface area contributed by atoms with Gasteiger partial charge in [0, 0.05) is 30.0 Å². The van der Waals surface area contributed by atoms with E-state index >= 15 is 0 Å². The molecule has 0 spiro atoms. The van der Waals surface area contributed by atoms with Crippen LogP contribution in [-0.4, -0.2) is 51.4 Å². The summed E-state index contributed by atoms with van der Waals surface area (Å²) in [5.74, 6) is -0.205. The van der Waals surface area contributed by atoms with Gasteiger partial charge in [0.05, 0.1) is 17.7 Å². The number of benzene rings is 4. The molecule has 8 nitrogen and oxygen atoms in total. The van der Waals surface area contributed by atoms with Crippen LogP contribution in [0.1, 0.15) is 30.5 Å². The molecule has 0 aliphatic carbocycles. The number of rotatable bonds is 14. The second-order valence-electron chi connectivity index (χ2n) is 11.5. The fourth-order valence-electron chi connectivity index (χ4n) is 4.94. The van der Waals surface area contributed by atoms with E-state index in [1.54, 1.807) is 36.4 Å². The van der Waals surface area contributed by atoms with Gasteiger partial charge in [-0.3, -0.25) is 13.9 Å². The van der Waals surface area contributed by atoms with Crippen molar-refractivity contribution in [1.82, 2.24) is 10.2 Å². The topological polar surface area (TPSA) is 96.0 Å². The number of ether oxygens (including phenoxy) is 1. The van der Waals surface area contributed by atoms with Crippen molar-refractivity contribution in [3.8, 4) is 5.75 Å². The van der Waals surface area contributed by atoms with Crippen LogP contribution < -0.4 is 14.4 Å². The molecule has 0 fully saturated rings. The minimum absolute atomic E-state index is 0.0442. The summed E-state index contributed by atoms with van der Waals surface area (Å²) in [5.41, 5.74) is 2.82. The van der Waals surface area contributed by atoms with Crippen LogP contribution in [0.4, 0.5) is 5.69 Å². The highest BCUT2D eigenvalue weighted by molar-refractivity contribution is 9.10. The third kappa shape index (κ3) is 9.20. The first-order valence-electron chi connectivity index (χ1n) is 15.1. The van der Waals surface area contributed by atoms with Crippen molar-refractivity contribution in [3.63, 3.8) is 0 Å². The van der Waals surface area contributed by atoms with Gasteiger partial charge >= 0.3 is 0 Å². The molecule has 46 heavy (non-hydrogen) atoms. The summed E-state index contributed by atoms with van der Waals surface area (Å²) in [7, 11) is -2.72. The Hall–Kier alpha value is -4.15. The van der Waals surface area contributed by atoms with Crippen LogP contribution in [0, 0.1) is 12.8 Å². The van der Waals surface area contributed by atoms with Crippen LogP contribution in [0.15, 0.2) is 112 Å². The van der Waals surface area contributed by atoms with Gasteiger partial charge in [-0.15, -0.1) is 0 Å². The number of anilines is 1. The van der Waals surface area contributed by atoms with Crippen LogP contribution in [-0.2, 0) is 32.6 Å². The van der Waals surface area contributed by atoms with Gasteiger partial charge in [-0.2, -0.15) is 0 Å². The van der Waals surface area contributed by atoms with Gasteiger partial charge in [-0.25, -0.2) is 8.42 Å². The first-order valence-corrected chi connectivity index (χ1v) is 17.3. The van der Waals surface area contributed by atoms with Crippen LogP contribution in [0.25, 0.3) is 0 Å². The largest absolute Gasteiger partial charge is 0.497 e. The van der Waals surface area contributed by atoms with E-state index < -0.39 is 28.5 Å². The van der Waals surface area contributed by atoms with Crippen molar-refractivity contribution in [2.75, 3.05) is 24.5 Å². The smallest absolute Gasteiger partial charge is 0.264 e. The van der Waals surface area contributed by atoms with E-state index in [1.165, 1.54) is 24.1 Å². The number of nitrogens with zero attached hydrogens (tertiary/aromatic N) is 2. The van der Waals surface area contributed by atoms with Crippen LogP contribution >= 0.6 is 15.9 Å². The summed E-state index contributed by atoms with van der Waals surface area (Å²) < 4.78 is 35.7. The van der Waals surface area contributed by atoms with Gasteiger partial charge in [-0.05, 0) is 60.4 Å². The van der Waals surface area contributed by atoms with E-state index in [-0.39, 0.29) is 35.4 Å². The molecule has 0 aliphatic heterocycles. The van der Waals surface area contributed by atoms with Gasteiger partial charge in [0.2, 0.25) is 11.8 Å². The summed E-state index contributed by atoms with van der Waals surface area (Å²) in [6, 6.07) is 29.1. The second-order valence-corrected chi connectivity index (χ2v) is 14.3. The monoisotopic (exact) mass is 705 g/mol. The average molecular weight is 707 g/mol. The molecule has 0 heterocycles. The quantitative estimate of drug-likeness (QED) is 0.164. The van der Waals surface area contributed by atoms with Gasteiger partial charge in [0.15, 0.2) is 0 Å². The Balaban J connectivity index is 1.81. The van der Waals surface area contributed by atoms with Crippen LogP contribution in [0.5, 0.6) is 5.75 Å². The minimum atomic E-state index is -4.21. The highest BCUT2D eigenvalue weighted by Crippen LogP contribution is 2.28. The zero-order valence-electron chi connectivity index (χ0n) is 26.5. The van der Waals surface area contributed by atoms with Gasteiger partial charge in [0.25, 0.3) is 10.0 Å². The van der Waals surface area contributed by atoms with Gasteiger partial charge in [-0.1, -0.05) is 96.0 Å². The molecule has 4 rings (SSSR count). The second kappa shape index (κ2) is 15.9. The number of sulfonamides is 1. The summed E-state index contributed by atoms with van der Waals surface area (Å²) >= 11 is 3.51. The summed E-state index contributed by atoms with van der Waals surface area (Å²) in [6.07, 6.45) is 0.244. The number of halogens is 1. The minimum Gasteiger partial charge on any atom is -0.497 e. The lowest BCUT2D eigenvalue weighted by molar-refractivity contribution is -0.140. The molecule has 2 amide bonds. The Kier molecular flexibility index (Phi) is 12.0. The molecule has 4 aromatic rings. The molecule has 1 unspecified atom stereocenters.